The highest BCUT2D eigenvalue weighted by atomic mass is 35.5. The van der Waals surface area contributed by atoms with Gasteiger partial charge in [-0.3, -0.25) is 4.79 Å². The van der Waals surface area contributed by atoms with Crippen LogP contribution in [0, 0.1) is 0 Å². The lowest BCUT2D eigenvalue weighted by atomic mass is 10.3. The molecule has 1 atom stereocenters. The van der Waals surface area contributed by atoms with Gasteiger partial charge in [-0.1, -0.05) is 16.8 Å². The average Bonchev–Trinajstić information content (AvgIpc) is 3.01. The first-order chi connectivity index (χ1) is 8.70. The van der Waals surface area contributed by atoms with Gasteiger partial charge in [0.05, 0.1) is 10.5 Å². The summed E-state index contributed by atoms with van der Waals surface area (Å²) in [5.74, 6) is -0.147. The summed E-state index contributed by atoms with van der Waals surface area (Å²) < 4.78 is 10.7. The minimum absolute atomic E-state index is 0.175. The number of carbonyl (C=O) groups excluding carboxylic acids is 1. The van der Waals surface area contributed by atoms with Crippen LogP contribution in [0.25, 0.3) is 0 Å². The predicted octanol–water partition coefficient (Wildman–Crippen LogP) is 2.51. The molecule has 0 fully saturated rings. The molecule has 0 aromatic carbocycles. The minimum Gasteiger partial charge on any atom is -0.374 e. The number of halogens is 1. The maximum Gasteiger partial charge on any atom is 0.289 e. The molecule has 5 nitrogen and oxygen atoms in total. The second-order valence-electron chi connectivity index (χ2n) is 3.45. The number of rotatable bonds is 5. The molecule has 0 radical (unpaired) electrons. The molecule has 7 heteroatoms. The van der Waals surface area contributed by atoms with Gasteiger partial charge < -0.3 is 14.6 Å². The largest absolute Gasteiger partial charge is 0.374 e. The first kappa shape index (κ1) is 13.1. The zero-order valence-electron chi connectivity index (χ0n) is 9.55. The Hall–Kier alpha value is -1.37. The molecule has 1 amide bonds. The second-order valence-corrected chi connectivity index (χ2v) is 5.20. The number of ether oxygens (including phenoxy) is 1. The molecule has 2 aromatic rings. The molecule has 0 aliphatic heterocycles. The molecule has 1 unspecified atom stereocenters. The number of hydrogen-bond acceptors (Lipinski definition) is 5. The Morgan fingerprint density at radius 3 is 3.00 bits per heavy atom. The number of nitrogens with zero attached hydrogens (tertiary/aromatic N) is 1. The molecule has 0 saturated carbocycles. The average molecular weight is 287 g/mol. The fourth-order valence-electron chi connectivity index (χ4n) is 1.41. The number of aromatic nitrogens is 1. The van der Waals surface area contributed by atoms with E-state index in [0.717, 1.165) is 4.88 Å². The lowest BCUT2D eigenvalue weighted by molar-refractivity contribution is 0.0809. The SMILES string of the molecule is COC(CNC(=O)c1ccno1)c1ccc(Cl)s1. The number of carbonyl (C=O) groups is 1. The minimum atomic E-state index is -0.322. The predicted molar refractivity (Wildman–Crippen MR) is 67.9 cm³/mol. The molecule has 0 spiro atoms. The van der Waals surface area contributed by atoms with Gasteiger partial charge in [-0.2, -0.15) is 0 Å². The zero-order chi connectivity index (χ0) is 13.0. The van der Waals surface area contributed by atoms with Crippen LogP contribution < -0.4 is 5.32 Å². The summed E-state index contributed by atoms with van der Waals surface area (Å²) in [5, 5.41) is 6.18. The highest BCUT2D eigenvalue weighted by molar-refractivity contribution is 7.16. The molecule has 96 valence electrons. The Balaban J connectivity index is 1.94. The third-order valence-corrected chi connectivity index (χ3v) is 3.63. The molecular weight excluding hydrogens is 276 g/mol. The molecule has 0 saturated heterocycles. The van der Waals surface area contributed by atoms with E-state index < -0.39 is 0 Å². The van der Waals surface area contributed by atoms with Crippen molar-refractivity contribution in [2.45, 2.75) is 6.10 Å². The van der Waals surface area contributed by atoms with Gasteiger partial charge in [0.25, 0.3) is 5.91 Å². The van der Waals surface area contributed by atoms with Crippen molar-refractivity contribution in [2.75, 3.05) is 13.7 Å². The van der Waals surface area contributed by atoms with Crippen LogP contribution in [0.5, 0.6) is 0 Å². The second kappa shape index (κ2) is 5.99. The van der Waals surface area contributed by atoms with Crippen LogP contribution >= 0.6 is 22.9 Å². The summed E-state index contributed by atoms with van der Waals surface area (Å²) in [6.45, 7) is 0.340. The van der Waals surface area contributed by atoms with Crippen LogP contribution in [-0.4, -0.2) is 24.7 Å². The van der Waals surface area contributed by atoms with Crippen molar-refractivity contribution in [3.8, 4) is 0 Å². The standard InChI is InChI=1S/C11H11ClN2O3S/c1-16-8(9-2-3-10(12)18-9)6-13-11(15)7-4-5-14-17-7/h2-5,8H,6H2,1H3,(H,13,15). The van der Waals surface area contributed by atoms with Crippen molar-refractivity contribution in [2.24, 2.45) is 0 Å². The van der Waals surface area contributed by atoms with Gasteiger partial charge >= 0.3 is 0 Å². The summed E-state index contributed by atoms with van der Waals surface area (Å²) in [6.07, 6.45) is 1.19. The van der Waals surface area contributed by atoms with Crippen molar-refractivity contribution in [3.05, 3.63) is 39.4 Å². The molecule has 0 aliphatic carbocycles. The van der Waals surface area contributed by atoms with E-state index in [1.807, 2.05) is 6.07 Å². The summed E-state index contributed by atoms with van der Waals surface area (Å²) in [4.78, 5) is 12.6. The van der Waals surface area contributed by atoms with E-state index in [2.05, 4.69) is 10.5 Å². The van der Waals surface area contributed by atoms with Crippen molar-refractivity contribution in [1.29, 1.82) is 0 Å². The van der Waals surface area contributed by atoms with Crippen LogP contribution in [0.2, 0.25) is 4.34 Å². The van der Waals surface area contributed by atoms with Gasteiger partial charge in [-0.05, 0) is 12.1 Å². The molecule has 2 aromatic heterocycles. The van der Waals surface area contributed by atoms with Crippen molar-refractivity contribution < 1.29 is 14.1 Å². The zero-order valence-corrected chi connectivity index (χ0v) is 11.1. The fourth-order valence-corrected chi connectivity index (χ4v) is 2.55. The maximum atomic E-state index is 11.6. The van der Waals surface area contributed by atoms with Gasteiger partial charge in [0.15, 0.2) is 0 Å². The number of hydrogen-bond donors (Lipinski definition) is 1. The van der Waals surface area contributed by atoms with E-state index >= 15 is 0 Å². The molecular formula is C11H11ClN2O3S. The number of thiophene rings is 1. The Kier molecular flexibility index (Phi) is 4.35. The highest BCUT2D eigenvalue weighted by Gasteiger charge is 2.16. The number of methoxy groups -OCH3 is 1. The van der Waals surface area contributed by atoms with E-state index in [1.165, 1.54) is 23.6 Å². The van der Waals surface area contributed by atoms with E-state index in [0.29, 0.717) is 10.9 Å². The summed E-state index contributed by atoms with van der Waals surface area (Å²) >= 11 is 7.28. The van der Waals surface area contributed by atoms with Crippen LogP contribution in [0.4, 0.5) is 0 Å². The highest BCUT2D eigenvalue weighted by Crippen LogP contribution is 2.28. The van der Waals surface area contributed by atoms with Crippen LogP contribution in [-0.2, 0) is 4.74 Å². The fraction of sp³-hybridized carbons (Fsp3) is 0.273. The molecule has 1 N–H and O–H groups in total. The van der Waals surface area contributed by atoms with E-state index in [-0.39, 0.29) is 17.8 Å². The smallest absolute Gasteiger partial charge is 0.289 e. The third kappa shape index (κ3) is 3.10. The molecule has 0 aliphatic rings. The summed E-state index contributed by atoms with van der Waals surface area (Å²) in [6, 6.07) is 5.17. The van der Waals surface area contributed by atoms with Crippen LogP contribution in [0.15, 0.2) is 28.9 Å². The third-order valence-electron chi connectivity index (χ3n) is 2.31. The van der Waals surface area contributed by atoms with Gasteiger partial charge in [0.2, 0.25) is 5.76 Å². The molecule has 2 rings (SSSR count). The van der Waals surface area contributed by atoms with E-state index in [1.54, 1.807) is 13.2 Å². The summed E-state index contributed by atoms with van der Waals surface area (Å²) in [5.41, 5.74) is 0. The Labute approximate surface area is 113 Å². The molecule has 2 heterocycles. The Bertz CT molecular complexity index is 512. The van der Waals surface area contributed by atoms with Gasteiger partial charge in [-0.25, -0.2) is 0 Å². The molecule has 0 bridgehead atoms. The van der Waals surface area contributed by atoms with Crippen LogP contribution in [0.3, 0.4) is 0 Å². The Morgan fingerprint density at radius 1 is 1.61 bits per heavy atom. The lowest BCUT2D eigenvalue weighted by Gasteiger charge is -2.13. The van der Waals surface area contributed by atoms with Gasteiger partial charge in [0.1, 0.15) is 6.10 Å². The summed E-state index contributed by atoms with van der Waals surface area (Å²) in [7, 11) is 1.58. The van der Waals surface area contributed by atoms with E-state index in [4.69, 9.17) is 20.9 Å². The van der Waals surface area contributed by atoms with E-state index in [9.17, 15) is 4.79 Å². The maximum absolute atomic E-state index is 11.6. The normalized spacial score (nSPS) is 12.3. The quantitative estimate of drug-likeness (QED) is 0.917. The van der Waals surface area contributed by atoms with Crippen LogP contribution in [0.1, 0.15) is 21.5 Å². The first-order valence-electron chi connectivity index (χ1n) is 5.17. The lowest BCUT2D eigenvalue weighted by Crippen LogP contribution is -2.28. The topological polar surface area (TPSA) is 64.4 Å². The van der Waals surface area contributed by atoms with Crippen molar-refractivity contribution in [3.63, 3.8) is 0 Å². The Morgan fingerprint density at radius 2 is 2.44 bits per heavy atom. The van der Waals surface area contributed by atoms with Crippen molar-refractivity contribution in [1.82, 2.24) is 10.5 Å². The monoisotopic (exact) mass is 286 g/mol. The van der Waals surface area contributed by atoms with Gasteiger partial charge in [-0.15, -0.1) is 11.3 Å². The molecule has 18 heavy (non-hydrogen) atoms. The van der Waals surface area contributed by atoms with Crippen molar-refractivity contribution >= 4 is 28.8 Å². The first-order valence-corrected chi connectivity index (χ1v) is 6.37. The number of nitrogens with one attached hydrogen (secondary N) is 1. The van der Waals surface area contributed by atoms with Gasteiger partial charge in [0, 0.05) is 24.6 Å². The number of amides is 1.